The number of hydrogen-bond acceptors (Lipinski definition) is 2. The van der Waals surface area contributed by atoms with Gasteiger partial charge in [-0.05, 0) is 47.4 Å². The lowest BCUT2D eigenvalue weighted by Crippen LogP contribution is -2.14. The highest BCUT2D eigenvalue weighted by atomic mass is 79.9. The largest absolute Gasteiger partial charge is 0.493 e. The topological polar surface area (TPSA) is 35.2 Å². The Morgan fingerprint density at radius 2 is 2.10 bits per heavy atom. The van der Waals surface area contributed by atoms with Crippen molar-refractivity contribution in [3.05, 3.63) is 63.4 Å². The van der Waals surface area contributed by atoms with Gasteiger partial charge in [0.15, 0.2) is 0 Å². The summed E-state index contributed by atoms with van der Waals surface area (Å²) >= 11 is 3.36. The molecular formula is C16H15BrFNO. The Kier molecular flexibility index (Phi) is 3.76. The highest BCUT2D eigenvalue weighted by molar-refractivity contribution is 9.10. The highest BCUT2D eigenvalue weighted by Gasteiger charge is 2.16. The van der Waals surface area contributed by atoms with Gasteiger partial charge >= 0.3 is 0 Å². The van der Waals surface area contributed by atoms with Crippen LogP contribution in [-0.2, 0) is 12.8 Å². The van der Waals surface area contributed by atoms with E-state index in [-0.39, 0.29) is 11.9 Å². The summed E-state index contributed by atoms with van der Waals surface area (Å²) in [6.45, 7) is 0.730. The van der Waals surface area contributed by atoms with Crippen molar-refractivity contribution >= 4 is 15.9 Å². The van der Waals surface area contributed by atoms with E-state index in [1.807, 2.05) is 12.1 Å². The minimum Gasteiger partial charge on any atom is -0.493 e. The van der Waals surface area contributed by atoms with Crippen molar-refractivity contribution in [2.75, 3.05) is 6.61 Å². The van der Waals surface area contributed by atoms with E-state index in [0.717, 1.165) is 28.8 Å². The number of fused-ring (bicyclic) bond motifs is 1. The molecule has 0 aromatic heterocycles. The van der Waals surface area contributed by atoms with Crippen LogP contribution in [0.3, 0.4) is 0 Å². The van der Waals surface area contributed by atoms with Gasteiger partial charge in [0.05, 0.1) is 6.61 Å². The van der Waals surface area contributed by atoms with E-state index >= 15 is 0 Å². The first-order chi connectivity index (χ1) is 9.63. The van der Waals surface area contributed by atoms with Crippen molar-refractivity contribution in [2.24, 2.45) is 5.73 Å². The lowest BCUT2D eigenvalue weighted by molar-refractivity contribution is 0.357. The molecule has 0 bridgehead atoms. The van der Waals surface area contributed by atoms with Gasteiger partial charge in [-0.2, -0.15) is 0 Å². The molecule has 4 heteroatoms. The van der Waals surface area contributed by atoms with Crippen molar-refractivity contribution in [3.8, 4) is 5.75 Å². The van der Waals surface area contributed by atoms with Gasteiger partial charge in [-0.1, -0.05) is 28.1 Å². The number of halogens is 2. The fraction of sp³-hybridized carbons (Fsp3) is 0.250. The molecule has 0 saturated heterocycles. The molecule has 2 nitrogen and oxygen atoms in total. The summed E-state index contributed by atoms with van der Waals surface area (Å²) in [6, 6.07) is 10.7. The van der Waals surface area contributed by atoms with Crippen molar-refractivity contribution in [1.29, 1.82) is 0 Å². The normalized spacial score (nSPS) is 14.8. The van der Waals surface area contributed by atoms with Crippen LogP contribution in [0.1, 0.15) is 22.7 Å². The molecule has 1 aliphatic rings. The third-order valence-electron chi connectivity index (χ3n) is 3.59. The zero-order valence-corrected chi connectivity index (χ0v) is 12.5. The second-order valence-corrected chi connectivity index (χ2v) is 5.93. The SMILES string of the molecule is NC(Cc1cc(Br)ccc1F)c1ccc2c(c1)CCO2. The van der Waals surface area contributed by atoms with Crippen LogP contribution >= 0.6 is 15.9 Å². The lowest BCUT2D eigenvalue weighted by Gasteiger charge is -2.14. The van der Waals surface area contributed by atoms with Gasteiger partial charge in [0, 0.05) is 16.9 Å². The summed E-state index contributed by atoms with van der Waals surface area (Å²) in [5, 5.41) is 0. The molecule has 1 unspecified atom stereocenters. The van der Waals surface area contributed by atoms with Gasteiger partial charge in [-0.25, -0.2) is 4.39 Å². The van der Waals surface area contributed by atoms with Gasteiger partial charge in [-0.3, -0.25) is 0 Å². The summed E-state index contributed by atoms with van der Waals surface area (Å²) in [7, 11) is 0. The fourth-order valence-corrected chi connectivity index (χ4v) is 2.90. The molecule has 0 amide bonds. The minimum atomic E-state index is -0.218. The van der Waals surface area contributed by atoms with Crippen LogP contribution in [0.2, 0.25) is 0 Å². The minimum absolute atomic E-state index is 0.215. The Hall–Kier alpha value is -1.39. The number of rotatable bonds is 3. The molecular weight excluding hydrogens is 321 g/mol. The maximum atomic E-state index is 13.8. The lowest BCUT2D eigenvalue weighted by atomic mass is 9.97. The molecule has 0 saturated carbocycles. The molecule has 0 fully saturated rings. The molecule has 0 spiro atoms. The Bertz CT molecular complexity index is 644. The second kappa shape index (κ2) is 5.54. The number of hydrogen-bond donors (Lipinski definition) is 1. The van der Waals surface area contributed by atoms with Gasteiger partial charge in [0.1, 0.15) is 11.6 Å². The summed E-state index contributed by atoms with van der Waals surface area (Å²) in [4.78, 5) is 0. The van der Waals surface area contributed by atoms with Crippen LogP contribution < -0.4 is 10.5 Å². The number of nitrogens with two attached hydrogens (primary N) is 1. The van der Waals surface area contributed by atoms with E-state index in [9.17, 15) is 4.39 Å². The average molecular weight is 336 g/mol. The molecule has 2 aromatic rings. The predicted molar refractivity (Wildman–Crippen MR) is 80.4 cm³/mol. The molecule has 3 rings (SSSR count). The van der Waals surface area contributed by atoms with E-state index in [0.29, 0.717) is 12.0 Å². The Labute approximate surface area is 125 Å². The second-order valence-electron chi connectivity index (χ2n) is 5.01. The average Bonchev–Trinajstić information content (AvgIpc) is 2.90. The molecule has 1 heterocycles. The third kappa shape index (κ3) is 2.72. The van der Waals surface area contributed by atoms with Gasteiger partial charge in [-0.15, -0.1) is 0 Å². The molecule has 20 heavy (non-hydrogen) atoms. The van der Waals surface area contributed by atoms with E-state index in [2.05, 4.69) is 22.0 Å². The van der Waals surface area contributed by atoms with E-state index in [1.165, 1.54) is 11.6 Å². The number of ether oxygens (including phenoxy) is 1. The molecule has 1 atom stereocenters. The predicted octanol–water partition coefficient (Wildman–Crippen LogP) is 3.77. The Balaban J connectivity index is 1.82. The maximum Gasteiger partial charge on any atom is 0.126 e. The van der Waals surface area contributed by atoms with E-state index < -0.39 is 0 Å². The summed E-state index contributed by atoms with van der Waals surface area (Å²) in [5.74, 6) is 0.725. The maximum absolute atomic E-state index is 13.8. The van der Waals surface area contributed by atoms with E-state index in [4.69, 9.17) is 10.5 Å². The van der Waals surface area contributed by atoms with E-state index in [1.54, 1.807) is 12.1 Å². The van der Waals surface area contributed by atoms with Crippen LogP contribution in [0, 0.1) is 5.82 Å². The van der Waals surface area contributed by atoms with Crippen molar-refractivity contribution in [2.45, 2.75) is 18.9 Å². The van der Waals surface area contributed by atoms with Gasteiger partial charge < -0.3 is 10.5 Å². The van der Waals surface area contributed by atoms with Gasteiger partial charge in [0.2, 0.25) is 0 Å². The summed E-state index contributed by atoms with van der Waals surface area (Å²) in [5.41, 5.74) is 9.06. The zero-order valence-electron chi connectivity index (χ0n) is 10.9. The Morgan fingerprint density at radius 3 is 2.95 bits per heavy atom. The fourth-order valence-electron chi connectivity index (χ4n) is 2.49. The van der Waals surface area contributed by atoms with Crippen LogP contribution in [0.5, 0.6) is 5.75 Å². The summed E-state index contributed by atoms with van der Waals surface area (Å²) in [6.07, 6.45) is 1.39. The third-order valence-corrected chi connectivity index (χ3v) is 4.08. The van der Waals surface area contributed by atoms with Crippen LogP contribution in [0.25, 0.3) is 0 Å². The first-order valence-electron chi connectivity index (χ1n) is 6.58. The van der Waals surface area contributed by atoms with Crippen LogP contribution in [0.4, 0.5) is 4.39 Å². The monoisotopic (exact) mass is 335 g/mol. The quantitative estimate of drug-likeness (QED) is 0.926. The summed E-state index contributed by atoms with van der Waals surface area (Å²) < 4.78 is 20.1. The first-order valence-corrected chi connectivity index (χ1v) is 7.38. The highest BCUT2D eigenvalue weighted by Crippen LogP contribution is 2.29. The molecule has 2 aromatic carbocycles. The molecule has 0 radical (unpaired) electrons. The molecule has 0 aliphatic carbocycles. The van der Waals surface area contributed by atoms with Crippen molar-refractivity contribution in [1.82, 2.24) is 0 Å². The molecule has 2 N–H and O–H groups in total. The first kappa shape index (κ1) is 13.6. The van der Waals surface area contributed by atoms with Crippen LogP contribution in [-0.4, -0.2) is 6.61 Å². The number of benzene rings is 2. The smallest absolute Gasteiger partial charge is 0.126 e. The molecule has 104 valence electrons. The zero-order chi connectivity index (χ0) is 14.1. The van der Waals surface area contributed by atoms with Gasteiger partial charge in [0.25, 0.3) is 0 Å². The van der Waals surface area contributed by atoms with Crippen molar-refractivity contribution in [3.63, 3.8) is 0 Å². The molecule has 1 aliphatic heterocycles. The van der Waals surface area contributed by atoms with Crippen molar-refractivity contribution < 1.29 is 9.13 Å². The Morgan fingerprint density at radius 1 is 1.25 bits per heavy atom. The standard InChI is InChI=1S/C16H15BrFNO/c17-13-2-3-14(18)12(8-13)9-15(19)10-1-4-16-11(7-10)5-6-20-16/h1-4,7-8,15H,5-6,9,19H2. The van der Waals surface area contributed by atoms with Crippen LogP contribution in [0.15, 0.2) is 40.9 Å².